The number of pyridine rings is 2. The van der Waals surface area contributed by atoms with Crippen molar-refractivity contribution in [3.63, 3.8) is 0 Å². The van der Waals surface area contributed by atoms with Crippen LogP contribution in [0.25, 0.3) is 50.3 Å². The maximum Gasteiger partial charge on any atom is 0.138 e. The molecule has 0 aliphatic heterocycles. The highest BCUT2D eigenvalue weighted by Gasteiger charge is 2.16. The molecule has 0 aliphatic carbocycles. The summed E-state index contributed by atoms with van der Waals surface area (Å²) in [6.45, 7) is 3.41. The standard InChI is InChI=1S/C27H26N8O/c1-17-15-35(16-29-17)25-6-4-5-22-20(25)12-24(30-22)27-26-23(32-33-27)8-7-21(31-26)18-11-19(14-28-13-18)36-10-9-34(2)3/h4-8,11-16,30H,9-10H2,1-3H3,(H,32,33). The van der Waals surface area contributed by atoms with Crippen molar-refractivity contribution in [1.29, 1.82) is 0 Å². The average Bonchev–Trinajstić information content (AvgIpc) is 3.61. The Hall–Kier alpha value is -4.50. The third-order valence-corrected chi connectivity index (χ3v) is 6.11. The molecular weight excluding hydrogens is 452 g/mol. The topological polar surface area (TPSA) is 101 Å². The molecule has 0 saturated heterocycles. The van der Waals surface area contributed by atoms with Gasteiger partial charge in [-0.2, -0.15) is 5.10 Å². The van der Waals surface area contributed by atoms with E-state index in [1.165, 1.54) is 0 Å². The van der Waals surface area contributed by atoms with Crippen molar-refractivity contribution in [1.82, 2.24) is 39.6 Å². The number of imidazole rings is 1. The van der Waals surface area contributed by atoms with Gasteiger partial charge >= 0.3 is 0 Å². The molecule has 36 heavy (non-hydrogen) atoms. The van der Waals surface area contributed by atoms with Crippen LogP contribution < -0.4 is 4.74 Å². The van der Waals surface area contributed by atoms with Crippen molar-refractivity contribution in [3.05, 3.63) is 73.1 Å². The summed E-state index contributed by atoms with van der Waals surface area (Å²) in [4.78, 5) is 19.3. The van der Waals surface area contributed by atoms with Gasteiger partial charge in [-0.05, 0) is 57.4 Å². The molecule has 6 aromatic rings. The predicted molar refractivity (Wildman–Crippen MR) is 140 cm³/mol. The van der Waals surface area contributed by atoms with E-state index in [0.29, 0.717) is 6.61 Å². The molecule has 0 amide bonds. The minimum atomic E-state index is 0.595. The van der Waals surface area contributed by atoms with E-state index in [-0.39, 0.29) is 0 Å². The first-order valence-electron chi connectivity index (χ1n) is 11.8. The number of aromatic nitrogens is 7. The molecular formula is C27H26N8O. The second kappa shape index (κ2) is 8.94. The normalized spacial score (nSPS) is 11.7. The molecule has 0 bridgehead atoms. The lowest BCUT2D eigenvalue weighted by molar-refractivity contribution is 0.261. The summed E-state index contributed by atoms with van der Waals surface area (Å²) in [7, 11) is 4.04. The van der Waals surface area contributed by atoms with Crippen LogP contribution in [0.3, 0.4) is 0 Å². The number of hydrogen-bond acceptors (Lipinski definition) is 6. The molecule has 5 aromatic heterocycles. The number of aromatic amines is 2. The number of ether oxygens (including phenoxy) is 1. The highest BCUT2D eigenvalue weighted by molar-refractivity contribution is 5.97. The molecule has 6 rings (SSSR count). The van der Waals surface area contributed by atoms with Crippen LogP contribution in [0, 0.1) is 6.92 Å². The van der Waals surface area contributed by atoms with Gasteiger partial charge in [-0.3, -0.25) is 10.1 Å². The summed E-state index contributed by atoms with van der Waals surface area (Å²) >= 11 is 0. The fourth-order valence-electron chi connectivity index (χ4n) is 4.28. The first kappa shape index (κ1) is 22.0. The highest BCUT2D eigenvalue weighted by atomic mass is 16.5. The smallest absolute Gasteiger partial charge is 0.138 e. The van der Waals surface area contributed by atoms with Gasteiger partial charge in [0.2, 0.25) is 0 Å². The van der Waals surface area contributed by atoms with Crippen LogP contribution in [0.5, 0.6) is 5.75 Å². The van der Waals surface area contributed by atoms with Crippen LogP contribution >= 0.6 is 0 Å². The largest absolute Gasteiger partial charge is 0.491 e. The highest BCUT2D eigenvalue weighted by Crippen LogP contribution is 2.32. The van der Waals surface area contributed by atoms with E-state index in [9.17, 15) is 0 Å². The number of aryl methyl sites for hydroxylation is 1. The van der Waals surface area contributed by atoms with Crippen molar-refractivity contribution < 1.29 is 4.74 Å². The Balaban J connectivity index is 1.37. The van der Waals surface area contributed by atoms with Gasteiger partial charge in [-0.25, -0.2) is 9.97 Å². The number of fused-ring (bicyclic) bond motifs is 2. The number of H-pyrrole nitrogens is 2. The lowest BCUT2D eigenvalue weighted by Gasteiger charge is -2.11. The molecule has 0 radical (unpaired) electrons. The fraction of sp³-hybridized carbons (Fsp3) is 0.185. The van der Waals surface area contributed by atoms with Gasteiger partial charge in [0.1, 0.15) is 23.6 Å². The van der Waals surface area contributed by atoms with Gasteiger partial charge < -0.3 is 19.2 Å². The molecule has 180 valence electrons. The zero-order chi connectivity index (χ0) is 24.6. The van der Waals surface area contributed by atoms with Crippen molar-refractivity contribution in [2.24, 2.45) is 0 Å². The third kappa shape index (κ3) is 4.09. The SMILES string of the molecule is Cc1cn(-c2cccc3[nH]c(-c4n[nH]c5ccc(-c6cncc(OCCN(C)C)c6)nc45)cc23)cn1. The Morgan fingerprint density at radius 1 is 1.06 bits per heavy atom. The monoisotopic (exact) mass is 478 g/mol. The van der Waals surface area contributed by atoms with E-state index >= 15 is 0 Å². The molecule has 9 nitrogen and oxygen atoms in total. The van der Waals surface area contributed by atoms with Crippen LogP contribution in [0.1, 0.15) is 5.69 Å². The summed E-state index contributed by atoms with van der Waals surface area (Å²) in [6, 6.07) is 14.2. The molecule has 0 fully saturated rings. The van der Waals surface area contributed by atoms with Gasteiger partial charge in [0.15, 0.2) is 0 Å². The van der Waals surface area contributed by atoms with Crippen LogP contribution in [-0.4, -0.2) is 66.8 Å². The van der Waals surface area contributed by atoms with Gasteiger partial charge in [0.25, 0.3) is 0 Å². The first-order chi connectivity index (χ1) is 17.5. The molecule has 9 heteroatoms. The predicted octanol–water partition coefficient (Wildman–Crippen LogP) is 4.60. The number of benzene rings is 1. The minimum Gasteiger partial charge on any atom is -0.491 e. The van der Waals surface area contributed by atoms with E-state index in [1.54, 1.807) is 12.4 Å². The Bertz CT molecular complexity index is 1680. The van der Waals surface area contributed by atoms with Crippen LogP contribution in [-0.2, 0) is 0 Å². The zero-order valence-electron chi connectivity index (χ0n) is 20.4. The molecule has 0 aliphatic rings. The Kier molecular flexibility index (Phi) is 5.46. The van der Waals surface area contributed by atoms with Crippen molar-refractivity contribution in [3.8, 4) is 34.1 Å². The second-order valence-electron chi connectivity index (χ2n) is 9.07. The molecule has 1 aromatic carbocycles. The number of likely N-dealkylation sites (N-methyl/N-ethyl adjacent to an activating group) is 1. The Labute approximate surface area is 207 Å². The maximum absolute atomic E-state index is 5.87. The summed E-state index contributed by atoms with van der Waals surface area (Å²) in [5.74, 6) is 0.724. The third-order valence-electron chi connectivity index (χ3n) is 6.11. The van der Waals surface area contributed by atoms with Gasteiger partial charge in [0, 0.05) is 35.4 Å². The zero-order valence-corrected chi connectivity index (χ0v) is 20.4. The number of hydrogen-bond donors (Lipinski definition) is 2. The van der Waals surface area contributed by atoms with E-state index < -0.39 is 0 Å². The van der Waals surface area contributed by atoms with Gasteiger partial charge in [-0.15, -0.1) is 0 Å². The summed E-state index contributed by atoms with van der Waals surface area (Å²) in [6.07, 6.45) is 7.38. The van der Waals surface area contributed by atoms with E-state index in [2.05, 4.69) is 48.2 Å². The number of rotatable bonds is 7. The Morgan fingerprint density at radius 2 is 1.97 bits per heavy atom. The first-order valence-corrected chi connectivity index (χ1v) is 11.8. The number of nitrogens with zero attached hydrogens (tertiary/aromatic N) is 6. The fourth-order valence-corrected chi connectivity index (χ4v) is 4.28. The van der Waals surface area contributed by atoms with Crippen LogP contribution in [0.2, 0.25) is 0 Å². The molecule has 0 saturated carbocycles. The summed E-state index contributed by atoms with van der Waals surface area (Å²) < 4.78 is 7.90. The second-order valence-corrected chi connectivity index (χ2v) is 9.07. The van der Waals surface area contributed by atoms with Crippen LogP contribution in [0.4, 0.5) is 0 Å². The quantitative estimate of drug-likeness (QED) is 0.348. The summed E-state index contributed by atoms with van der Waals surface area (Å²) in [5, 5.41) is 8.80. The average molecular weight is 479 g/mol. The van der Waals surface area contributed by atoms with Gasteiger partial charge in [-0.1, -0.05) is 6.07 Å². The van der Waals surface area contributed by atoms with E-state index in [1.807, 2.05) is 62.4 Å². The summed E-state index contributed by atoms with van der Waals surface area (Å²) in [5.41, 5.74) is 8.06. The lowest BCUT2D eigenvalue weighted by Crippen LogP contribution is -2.19. The maximum atomic E-state index is 5.87. The molecule has 0 spiro atoms. The Morgan fingerprint density at radius 3 is 2.81 bits per heavy atom. The number of nitrogens with one attached hydrogen (secondary N) is 2. The van der Waals surface area contributed by atoms with Gasteiger partial charge in [0.05, 0.1) is 40.8 Å². The molecule has 0 atom stereocenters. The van der Waals surface area contributed by atoms with E-state index in [4.69, 9.17) is 9.72 Å². The molecule has 2 N–H and O–H groups in total. The van der Waals surface area contributed by atoms with Crippen molar-refractivity contribution >= 4 is 21.9 Å². The molecule has 5 heterocycles. The van der Waals surface area contributed by atoms with Crippen LogP contribution in [0.15, 0.2) is 67.4 Å². The van der Waals surface area contributed by atoms with Crippen molar-refractivity contribution in [2.75, 3.05) is 27.2 Å². The molecule has 0 unspecified atom stereocenters. The lowest BCUT2D eigenvalue weighted by atomic mass is 10.1. The van der Waals surface area contributed by atoms with E-state index in [0.717, 1.165) is 68.3 Å². The minimum absolute atomic E-state index is 0.595. The van der Waals surface area contributed by atoms with Crippen molar-refractivity contribution in [2.45, 2.75) is 6.92 Å².